The molecule has 0 spiro atoms. The van der Waals surface area contributed by atoms with E-state index in [2.05, 4.69) is 9.51 Å². The van der Waals surface area contributed by atoms with Crippen molar-refractivity contribution in [3.63, 3.8) is 0 Å². The van der Waals surface area contributed by atoms with Gasteiger partial charge < -0.3 is 9.47 Å². The molecule has 1 aliphatic heterocycles. The summed E-state index contributed by atoms with van der Waals surface area (Å²) in [6.07, 6.45) is 0.122. The fraction of sp³-hybridized carbons (Fsp3) is 0.692. The lowest BCUT2D eigenvalue weighted by atomic mass is 10.2. The Balaban J connectivity index is 2.28. The molecule has 1 fully saturated rings. The maximum Gasteiger partial charge on any atom is 0.569 e. The highest BCUT2D eigenvalue weighted by molar-refractivity contribution is 7.54. The van der Waals surface area contributed by atoms with Crippen LogP contribution >= 0.6 is 8.17 Å². The van der Waals surface area contributed by atoms with E-state index in [4.69, 9.17) is 14.0 Å². The third-order valence-electron chi connectivity index (χ3n) is 3.67. The first-order valence-electron chi connectivity index (χ1n) is 7.41. The first-order chi connectivity index (χ1) is 11.3. The summed E-state index contributed by atoms with van der Waals surface area (Å²) in [7, 11) is -2.84. The molecule has 3 atom stereocenters. The monoisotopic (exact) mass is 365 g/mol. The van der Waals surface area contributed by atoms with E-state index >= 15 is 0 Å². The van der Waals surface area contributed by atoms with Crippen LogP contribution in [0.15, 0.2) is 15.8 Å². The van der Waals surface area contributed by atoms with E-state index in [9.17, 15) is 19.4 Å². The largest absolute Gasteiger partial charge is 0.569 e. The maximum atomic E-state index is 12.1. The average molecular weight is 365 g/mol. The molecular formula is C13H22N2O8P+. The predicted octanol–water partition coefficient (Wildman–Crippen LogP) is -0.137. The van der Waals surface area contributed by atoms with Crippen molar-refractivity contribution in [2.24, 2.45) is 0 Å². The smallest absolute Gasteiger partial charge is 0.368 e. The van der Waals surface area contributed by atoms with Gasteiger partial charge in [-0.1, -0.05) is 6.92 Å². The van der Waals surface area contributed by atoms with Crippen molar-refractivity contribution < 1.29 is 28.3 Å². The number of aromatic nitrogens is 2. The lowest BCUT2D eigenvalue weighted by Crippen LogP contribution is -2.47. The molecule has 1 aromatic rings. The minimum absolute atomic E-state index is 0.240. The summed E-state index contributed by atoms with van der Waals surface area (Å²) in [5.74, 6) is 0. The van der Waals surface area contributed by atoms with Gasteiger partial charge in [0, 0.05) is 11.8 Å². The molecule has 1 saturated heterocycles. The standard InChI is InChI=1S/C13H21N2O8P/c1-4-9-6-21-10(7-22-24(18,19)20-3)12(23-9)15-5-8(2)11(16)14-13(15)17/h5,9-10,12,18-19H,4,6-7H2,1-3H3/p+1/t9?,10?,12-/m1/s1. The van der Waals surface area contributed by atoms with Crippen LogP contribution < -0.4 is 11.2 Å². The summed E-state index contributed by atoms with van der Waals surface area (Å²) in [5.41, 5.74) is -0.802. The summed E-state index contributed by atoms with van der Waals surface area (Å²) < 4.78 is 22.1. The summed E-state index contributed by atoms with van der Waals surface area (Å²) >= 11 is 0. The fourth-order valence-corrected chi connectivity index (χ4v) is 2.67. The van der Waals surface area contributed by atoms with E-state index in [1.807, 2.05) is 6.92 Å². The molecule has 2 unspecified atom stereocenters. The molecule has 10 nitrogen and oxygen atoms in total. The van der Waals surface area contributed by atoms with Gasteiger partial charge in [0.05, 0.1) is 19.8 Å². The van der Waals surface area contributed by atoms with Gasteiger partial charge in [-0.05, 0) is 13.3 Å². The molecule has 1 aliphatic rings. The Morgan fingerprint density at radius 3 is 2.79 bits per heavy atom. The minimum Gasteiger partial charge on any atom is -0.368 e. The Kier molecular flexibility index (Phi) is 6.27. The molecule has 0 amide bonds. The van der Waals surface area contributed by atoms with Gasteiger partial charge in [0.15, 0.2) is 6.23 Å². The molecular weight excluding hydrogens is 343 g/mol. The molecule has 136 valence electrons. The normalized spacial score (nSPS) is 25.0. The number of aryl methyl sites for hydroxylation is 1. The fourth-order valence-electron chi connectivity index (χ4n) is 2.22. The van der Waals surface area contributed by atoms with Crippen molar-refractivity contribution in [2.45, 2.75) is 38.7 Å². The third kappa shape index (κ3) is 4.48. The molecule has 3 N–H and O–H groups in total. The van der Waals surface area contributed by atoms with Gasteiger partial charge >= 0.3 is 13.9 Å². The summed E-state index contributed by atoms with van der Waals surface area (Å²) in [6.45, 7) is 3.48. The van der Waals surface area contributed by atoms with Crippen LogP contribution in [0, 0.1) is 6.92 Å². The second-order valence-electron chi connectivity index (χ2n) is 5.38. The lowest BCUT2D eigenvalue weighted by molar-refractivity contribution is -0.219. The third-order valence-corrected chi connectivity index (χ3v) is 4.63. The van der Waals surface area contributed by atoms with Crippen LogP contribution in [-0.4, -0.2) is 51.9 Å². The van der Waals surface area contributed by atoms with E-state index in [0.717, 1.165) is 7.11 Å². The average Bonchev–Trinajstić information content (AvgIpc) is 2.56. The van der Waals surface area contributed by atoms with Crippen LogP contribution in [0.3, 0.4) is 0 Å². The van der Waals surface area contributed by atoms with Crippen LogP contribution in [-0.2, 0) is 18.5 Å². The molecule has 0 saturated carbocycles. The van der Waals surface area contributed by atoms with E-state index < -0.39 is 31.8 Å². The van der Waals surface area contributed by atoms with E-state index in [-0.39, 0.29) is 19.3 Å². The van der Waals surface area contributed by atoms with Crippen molar-refractivity contribution in [3.05, 3.63) is 32.6 Å². The Hall–Kier alpha value is -1.13. The number of aromatic amines is 1. The SMILES string of the molecule is CCC1COC(CO[P+](O)(O)OC)[C@H](n2cc(C)c(=O)[nH]c2=O)O1. The van der Waals surface area contributed by atoms with Crippen LogP contribution in [0.2, 0.25) is 0 Å². The van der Waals surface area contributed by atoms with Crippen molar-refractivity contribution >= 4 is 8.17 Å². The number of H-pyrrole nitrogens is 1. The van der Waals surface area contributed by atoms with Crippen molar-refractivity contribution in [2.75, 3.05) is 20.3 Å². The summed E-state index contributed by atoms with van der Waals surface area (Å²) in [4.78, 5) is 44.7. The molecule has 2 heterocycles. The number of nitrogens with one attached hydrogen (secondary N) is 1. The first kappa shape index (κ1) is 19.2. The van der Waals surface area contributed by atoms with Gasteiger partial charge in [-0.2, -0.15) is 18.8 Å². The van der Waals surface area contributed by atoms with Crippen LogP contribution in [0.1, 0.15) is 25.1 Å². The van der Waals surface area contributed by atoms with E-state index in [0.29, 0.717) is 12.0 Å². The van der Waals surface area contributed by atoms with Crippen LogP contribution in [0.5, 0.6) is 0 Å². The molecule has 2 rings (SSSR count). The lowest BCUT2D eigenvalue weighted by Gasteiger charge is -2.36. The van der Waals surface area contributed by atoms with Gasteiger partial charge in [0.25, 0.3) is 5.56 Å². The van der Waals surface area contributed by atoms with Gasteiger partial charge in [0.2, 0.25) is 0 Å². The van der Waals surface area contributed by atoms with Crippen molar-refractivity contribution in [1.82, 2.24) is 9.55 Å². The number of hydrogen-bond acceptors (Lipinski definition) is 8. The van der Waals surface area contributed by atoms with E-state index in [1.54, 1.807) is 6.92 Å². The highest BCUT2D eigenvalue weighted by Gasteiger charge is 2.42. The van der Waals surface area contributed by atoms with Crippen LogP contribution in [0.4, 0.5) is 0 Å². The quantitative estimate of drug-likeness (QED) is 0.594. The Morgan fingerprint density at radius 1 is 1.46 bits per heavy atom. The molecule has 1 aromatic heterocycles. The molecule has 11 heteroatoms. The zero-order valence-corrected chi connectivity index (χ0v) is 14.6. The van der Waals surface area contributed by atoms with Gasteiger partial charge in [-0.3, -0.25) is 14.3 Å². The number of rotatable bonds is 6. The molecule has 0 radical (unpaired) electrons. The highest BCUT2D eigenvalue weighted by atomic mass is 31.2. The van der Waals surface area contributed by atoms with Gasteiger partial charge in [-0.25, -0.2) is 4.79 Å². The van der Waals surface area contributed by atoms with Gasteiger partial charge in [0.1, 0.15) is 12.7 Å². The Labute approximate surface area is 138 Å². The molecule has 0 aliphatic carbocycles. The minimum atomic E-state index is -3.94. The second kappa shape index (κ2) is 7.83. The second-order valence-corrected chi connectivity index (χ2v) is 6.98. The van der Waals surface area contributed by atoms with E-state index in [1.165, 1.54) is 10.8 Å². The maximum absolute atomic E-state index is 12.1. The van der Waals surface area contributed by atoms with Crippen molar-refractivity contribution in [3.8, 4) is 0 Å². The zero-order chi connectivity index (χ0) is 17.9. The summed E-state index contributed by atoms with van der Waals surface area (Å²) in [5, 5.41) is 0. The highest BCUT2D eigenvalue weighted by Crippen LogP contribution is 2.51. The Morgan fingerprint density at radius 2 is 2.17 bits per heavy atom. The topological polar surface area (TPSA) is 132 Å². The zero-order valence-electron chi connectivity index (χ0n) is 13.7. The number of ether oxygens (including phenoxy) is 2. The molecule has 24 heavy (non-hydrogen) atoms. The van der Waals surface area contributed by atoms with Crippen LogP contribution in [0.25, 0.3) is 0 Å². The number of hydrogen-bond donors (Lipinski definition) is 3. The predicted molar refractivity (Wildman–Crippen MR) is 84.3 cm³/mol. The molecule has 0 bridgehead atoms. The van der Waals surface area contributed by atoms with Crippen molar-refractivity contribution in [1.29, 1.82) is 0 Å². The number of nitrogens with zero attached hydrogens (tertiary/aromatic N) is 1. The first-order valence-corrected chi connectivity index (χ1v) is 8.94. The van der Waals surface area contributed by atoms with Gasteiger partial charge in [-0.15, -0.1) is 0 Å². The molecule has 0 aromatic carbocycles. The Bertz CT molecular complexity index is 673. The summed E-state index contributed by atoms with van der Waals surface area (Å²) in [6, 6.07) is 0.